The topological polar surface area (TPSA) is 40.6 Å². The number of rotatable bonds is 6. The molecule has 22 heavy (non-hydrogen) atoms. The van der Waals surface area contributed by atoms with E-state index in [1.807, 2.05) is 11.0 Å². The van der Waals surface area contributed by atoms with Gasteiger partial charge < -0.3 is 9.80 Å². The highest BCUT2D eigenvalue weighted by molar-refractivity contribution is 7.99. The van der Waals surface area contributed by atoms with Crippen molar-refractivity contribution in [2.24, 2.45) is 0 Å². The summed E-state index contributed by atoms with van der Waals surface area (Å²) in [4.78, 5) is 28.7. The highest BCUT2D eigenvalue weighted by Gasteiger charge is 2.22. The highest BCUT2D eigenvalue weighted by Crippen LogP contribution is 2.26. The number of hydrogen-bond acceptors (Lipinski definition) is 3. The van der Waals surface area contributed by atoms with Crippen LogP contribution in [0.25, 0.3) is 0 Å². The van der Waals surface area contributed by atoms with Gasteiger partial charge in [-0.3, -0.25) is 9.59 Å². The van der Waals surface area contributed by atoms with E-state index in [4.69, 9.17) is 11.6 Å². The van der Waals surface area contributed by atoms with Crippen LogP contribution in [-0.4, -0.2) is 54.0 Å². The molecule has 1 fully saturated rings. The van der Waals surface area contributed by atoms with Gasteiger partial charge in [0.25, 0.3) is 5.91 Å². The van der Waals surface area contributed by atoms with Crippen molar-refractivity contribution in [2.45, 2.75) is 24.7 Å². The first-order chi connectivity index (χ1) is 10.5. The standard InChI is InChI=1S/C16H21ClN2O2S/c1-3-22-14-7-6-12(17)11-13(14)16(21)18(2)9-10-19-8-4-5-15(19)20/h6-7,11H,3-5,8-10H2,1-2H3. The molecule has 0 saturated carbocycles. The van der Waals surface area contributed by atoms with Crippen molar-refractivity contribution in [1.82, 2.24) is 9.80 Å². The molecule has 4 nitrogen and oxygen atoms in total. The average molecular weight is 341 g/mol. The van der Waals surface area contributed by atoms with Crippen LogP contribution in [0, 0.1) is 0 Å². The van der Waals surface area contributed by atoms with E-state index < -0.39 is 0 Å². The van der Waals surface area contributed by atoms with Crippen LogP contribution in [0.3, 0.4) is 0 Å². The fourth-order valence-electron chi connectivity index (χ4n) is 2.47. The summed E-state index contributed by atoms with van der Waals surface area (Å²) in [7, 11) is 1.77. The Balaban J connectivity index is 2.03. The Kier molecular flexibility index (Phi) is 6.15. The summed E-state index contributed by atoms with van der Waals surface area (Å²) in [5.41, 5.74) is 0.634. The number of hydrogen-bond donors (Lipinski definition) is 0. The third kappa shape index (κ3) is 4.17. The zero-order chi connectivity index (χ0) is 16.1. The van der Waals surface area contributed by atoms with Gasteiger partial charge in [-0.05, 0) is 30.4 Å². The molecule has 1 aromatic rings. The predicted octanol–water partition coefficient (Wildman–Crippen LogP) is 3.15. The second-order valence-electron chi connectivity index (χ2n) is 5.28. The van der Waals surface area contributed by atoms with Gasteiger partial charge in [-0.2, -0.15) is 0 Å². The highest BCUT2D eigenvalue weighted by atomic mass is 35.5. The summed E-state index contributed by atoms with van der Waals surface area (Å²) in [6, 6.07) is 5.42. The van der Waals surface area contributed by atoms with E-state index >= 15 is 0 Å². The van der Waals surface area contributed by atoms with Crippen LogP contribution in [0.4, 0.5) is 0 Å². The molecule has 1 aliphatic heterocycles. The van der Waals surface area contributed by atoms with Gasteiger partial charge in [0.05, 0.1) is 5.56 Å². The first kappa shape index (κ1) is 17.2. The van der Waals surface area contributed by atoms with E-state index in [-0.39, 0.29) is 11.8 Å². The first-order valence-electron chi connectivity index (χ1n) is 7.48. The van der Waals surface area contributed by atoms with Crippen LogP contribution in [0.15, 0.2) is 23.1 Å². The SMILES string of the molecule is CCSc1ccc(Cl)cc1C(=O)N(C)CCN1CCCC1=O. The number of halogens is 1. The van der Waals surface area contributed by atoms with Crippen LogP contribution in [0.1, 0.15) is 30.1 Å². The molecule has 0 aromatic heterocycles. The van der Waals surface area contributed by atoms with Gasteiger partial charge >= 0.3 is 0 Å². The summed E-state index contributed by atoms with van der Waals surface area (Å²) in [5.74, 6) is 1.03. The third-order valence-corrected chi connectivity index (χ3v) is 4.89. The number of thioether (sulfide) groups is 1. The molecule has 6 heteroatoms. The lowest BCUT2D eigenvalue weighted by atomic mass is 10.2. The first-order valence-corrected chi connectivity index (χ1v) is 8.85. The van der Waals surface area contributed by atoms with Crippen molar-refractivity contribution < 1.29 is 9.59 Å². The Morgan fingerprint density at radius 2 is 2.23 bits per heavy atom. The van der Waals surface area contributed by atoms with Crippen molar-refractivity contribution in [3.8, 4) is 0 Å². The minimum absolute atomic E-state index is 0.0508. The molecule has 0 unspecified atom stereocenters. The molecule has 0 N–H and O–H groups in total. The van der Waals surface area contributed by atoms with E-state index in [2.05, 4.69) is 6.92 Å². The Morgan fingerprint density at radius 1 is 1.45 bits per heavy atom. The lowest BCUT2D eigenvalue weighted by Gasteiger charge is -2.22. The maximum atomic E-state index is 12.6. The van der Waals surface area contributed by atoms with Crippen LogP contribution in [0.2, 0.25) is 5.02 Å². The Morgan fingerprint density at radius 3 is 2.86 bits per heavy atom. The fraction of sp³-hybridized carbons (Fsp3) is 0.500. The van der Waals surface area contributed by atoms with Gasteiger partial charge in [-0.1, -0.05) is 18.5 Å². The molecular formula is C16H21ClN2O2S. The second-order valence-corrected chi connectivity index (χ2v) is 7.03. The van der Waals surface area contributed by atoms with Gasteiger partial charge in [0, 0.05) is 43.0 Å². The van der Waals surface area contributed by atoms with Gasteiger partial charge in [0.15, 0.2) is 0 Å². The molecule has 2 rings (SSSR count). The number of likely N-dealkylation sites (N-methyl/N-ethyl adjacent to an activating group) is 1. The van der Waals surface area contributed by atoms with Gasteiger partial charge in [-0.15, -0.1) is 11.8 Å². The average Bonchev–Trinajstić information content (AvgIpc) is 2.91. The van der Waals surface area contributed by atoms with Crippen molar-refractivity contribution in [1.29, 1.82) is 0 Å². The fourth-order valence-corrected chi connectivity index (χ4v) is 3.42. The number of amides is 2. The maximum absolute atomic E-state index is 12.6. The monoisotopic (exact) mass is 340 g/mol. The van der Waals surface area contributed by atoms with Gasteiger partial charge in [0.1, 0.15) is 0 Å². The molecule has 0 atom stereocenters. The number of carbonyl (C=O) groups is 2. The normalized spacial score (nSPS) is 14.5. The predicted molar refractivity (Wildman–Crippen MR) is 90.6 cm³/mol. The van der Waals surface area contributed by atoms with Crippen molar-refractivity contribution >= 4 is 35.2 Å². The molecule has 0 aliphatic carbocycles. The summed E-state index contributed by atoms with van der Waals surface area (Å²) in [6.07, 6.45) is 1.55. The minimum atomic E-state index is -0.0508. The van der Waals surface area contributed by atoms with Crippen LogP contribution in [0.5, 0.6) is 0 Å². The summed E-state index contributed by atoms with van der Waals surface area (Å²) in [6.45, 7) is 3.98. The van der Waals surface area contributed by atoms with Crippen molar-refractivity contribution in [3.63, 3.8) is 0 Å². The Hall–Kier alpha value is -1.20. The third-order valence-electron chi connectivity index (χ3n) is 3.70. The molecule has 0 spiro atoms. The largest absolute Gasteiger partial charge is 0.341 e. The lowest BCUT2D eigenvalue weighted by Crippen LogP contribution is -2.37. The molecule has 0 radical (unpaired) electrons. The van der Waals surface area contributed by atoms with Crippen molar-refractivity contribution in [3.05, 3.63) is 28.8 Å². The smallest absolute Gasteiger partial charge is 0.254 e. The molecule has 1 aromatic carbocycles. The molecule has 0 bridgehead atoms. The molecule has 1 aliphatic rings. The van der Waals surface area contributed by atoms with E-state index in [0.29, 0.717) is 30.1 Å². The number of benzene rings is 1. The quantitative estimate of drug-likeness (QED) is 0.747. The zero-order valence-corrected chi connectivity index (χ0v) is 14.5. The second kappa shape index (κ2) is 7.88. The summed E-state index contributed by atoms with van der Waals surface area (Å²) >= 11 is 7.66. The summed E-state index contributed by atoms with van der Waals surface area (Å²) in [5, 5.41) is 0.562. The van der Waals surface area contributed by atoms with Crippen LogP contribution < -0.4 is 0 Å². The van der Waals surface area contributed by atoms with Crippen molar-refractivity contribution in [2.75, 3.05) is 32.4 Å². The number of nitrogens with zero attached hydrogens (tertiary/aromatic N) is 2. The maximum Gasteiger partial charge on any atom is 0.254 e. The van der Waals surface area contributed by atoms with E-state index in [1.54, 1.807) is 35.8 Å². The lowest BCUT2D eigenvalue weighted by molar-refractivity contribution is -0.127. The number of likely N-dealkylation sites (tertiary alicyclic amines) is 1. The molecule has 1 heterocycles. The van der Waals surface area contributed by atoms with E-state index in [0.717, 1.165) is 23.6 Å². The number of carbonyl (C=O) groups excluding carboxylic acids is 2. The van der Waals surface area contributed by atoms with Crippen LogP contribution in [-0.2, 0) is 4.79 Å². The van der Waals surface area contributed by atoms with Crippen LogP contribution >= 0.6 is 23.4 Å². The summed E-state index contributed by atoms with van der Waals surface area (Å²) < 4.78 is 0. The van der Waals surface area contributed by atoms with E-state index in [1.165, 1.54) is 0 Å². The van der Waals surface area contributed by atoms with Gasteiger partial charge in [-0.25, -0.2) is 0 Å². The molecule has 1 saturated heterocycles. The van der Waals surface area contributed by atoms with Gasteiger partial charge in [0.2, 0.25) is 5.91 Å². The Bertz CT molecular complexity index is 565. The molecule has 2 amide bonds. The van der Waals surface area contributed by atoms with E-state index in [9.17, 15) is 9.59 Å². The Labute approximate surface area is 140 Å². The zero-order valence-electron chi connectivity index (χ0n) is 13.0. The molecular weight excluding hydrogens is 320 g/mol. The minimum Gasteiger partial charge on any atom is -0.341 e. The molecule has 120 valence electrons.